The predicted octanol–water partition coefficient (Wildman–Crippen LogP) is 4.68. The highest BCUT2D eigenvalue weighted by molar-refractivity contribution is 5.25. The molecule has 0 aliphatic heterocycles. The van der Waals surface area contributed by atoms with Gasteiger partial charge in [0, 0.05) is 5.92 Å². The average molecular weight is 258 g/mol. The summed E-state index contributed by atoms with van der Waals surface area (Å²) in [6, 6.07) is 10.4. The molecule has 1 aliphatic carbocycles. The van der Waals surface area contributed by atoms with E-state index in [4.69, 9.17) is 0 Å². The summed E-state index contributed by atoms with van der Waals surface area (Å²) in [7, 11) is 0. The van der Waals surface area contributed by atoms with E-state index in [9.17, 15) is 5.11 Å². The molecule has 1 aromatic rings. The van der Waals surface area contributed by atoms with Crippen molar-refractivity contribution in [2.45, 2.75) is 57.5 Å². The van der Waals surface area contributed by atoms with Gasteiger partial charge in [-0.1, -0.05) is 68.7 Å². The maximum Gasteiger partial charge on any atom is 0.0671 e. The summed E-state index contributed by atoms with van der Waals surface area (Å²) in [5, 5.41) is 10.8. The lowest BCUT2D eigenvalue weighted by Gasteiger charge is -2.31. The van der Waals surface area contributed by atoms with Gasteiger partial charge < -0.3 is 5.11 Å². The largest absolute Gasteiger partial charge is 0.392 e. The molecular formula is C18H26O. The van der Waals surface area contributed by atoms with Crippen molar-refractivity contribution in [3.05, 3.63) is 48.0 Å². The predicted molar refractivity (Wildman–Crippen MR) is 81.2 cm³/mol. The molecule has 1 nitrogen and oxygen atoms in total. The zero-order valence-electron chi connectivity index (χ0n) is 12.0. The van der Waals surface area contributed by atoms with E-state index >= 15 is 0 Å². The first-order valence-electron chi connectivity index (χ1n) is 7.72. The summed E-state index contributed by atoms with van der Waals surface area (Å²) >= 11 is 0. The Morgan fingerprint density at radius 1 is 1.16 bits per heavy atom. The van der Waals surface area contributed by atoms with Crippen molar-refractivity contribution < 1.29 is 5.11 Å². The second kappa shape index (κ2) is 7.49. The van der Waals surface area contributed by atoms with Crippen LogP contribution in [0.5, 0.6) is 0 Å². The van der Waals surface area contributed by atoms with Crippen LogP contribution < -0.4 is 0 Å². The minimum atomic E-state index is -0.231. The third kappa shape index (κ3) is 3.94. The highest BCUT2D eigenvalue weighted by atomic mass is 16.3. The van der Waals surface area contributed by atoms with Gasteiger partial charge >= 0.3 is 0 Å². The highest BCUT2D eigenvalue weighted by Crippen LogP contribution is 2.34. The van der Waals surface area contributed by atoms with Gasteiger partial charge in [0.25, 0.3) is 0 Å². The van der Waals surface area contributed by atoms with Crippen LogP contribution in [0.15, 0.2) is 42.5 Å². The lowest BCUT2D eigenvalue weighted by molar-refractivity contribution is 0.0725. The molecular weight excluding hydrogens is 232 g/mol. The summed E-state index contributed by atoms with van der Waals surface area (Å²) in [5.74, 6) is 0.629. The summed E-state index contributed by atoms with van der Waals surface area (Å²) in [6.45, 7) is 2.14. The first-order valence-corrected chi connectivity index (χ1v) is 7.72. The highest BCUT2D eigenvalue weighted by Gasteiger charge is 2.28. The SMILES string of the molecule is CC/C=C/[C@H](c1ccccc1)[C@@H](O)C1CCCCC1. The van der Waals surface area contributed by atoms with Crippen molar-refractivity contribution >= 4 is 0 Å². The molecule has 0 radical (unpaired) electrons. The van der Waals surface area contributed by atoms with Crippen molar-refractivity contribution in [1.29, 1.82) is 0 Å². The Bertz CT molecular complexity index is 376. The van der Waals surface area contributed by atoms with Crippen molar-refractivity contribution in [3.8, 4) is 0 Å². The molecule has 1 saturated carbocycles. The molecule has 2 atom stereocenters. The Morgan fingerprint density at radius 3 is 2.47 bits per heavy atom. The standard InChI is InChI=1S/C18H26O/c1-2-3-14-17(15-10-6-4-7-11-15)18(19)16-12-8-5-9-13-16/h3-4,6-7,10-11,14,16-19H,2,5,8-9,12-13H2,1H3/b14-3+/t17-,18+/m1/s1. The molecule has 0 bridgehead atoms. The van der Waals surface area contributed by atoms with Crippen molar-refractivity contribution in [3.63, 3.8) is 0 Å². The summed E-state index contributed by atoms with van der Waals surface area (Å²) < 4.78 is 0. The average Bonchev–Trinajstić information content (AvgIpc) is 2.49. The summed E-state index contributed by atoms with van der Waals surface area (Å²) in [6.07, 6.45) is 11.4. The van der Waals surface area contributed by atoms with Crippen LogP contribution in [-0.2, 0) is 0 Å². The molecule has 1 heteroatoms. The number of hydrogen-bond acceptors (Lipinski definition) is 1. The van der Waals surface area contributed by atoms with Crippen LogP contribution in [-0.4, -0.2) is 11.2 Å². The Balaban J connectivity index is 2.14. The molecule has 2 rings (SSSR count). The molecule has 0 amide bonds. The Morgan fingerprint density at radius 2 is 1.84 bits per heavy atom. The van der Waals surface area contributed by atoms with Gasteiger partial charge in [-0.3, -0.25) is 0 Å². The molecule has 1 N–H and O–H groups in total. The normalized spacial score (nSPS) is 20.5. The first kappa shape index (κ1) is 14.3. The lowest BCUT2D eigenvalue weighted by atomic mass is 9.78. The lowest BCUT2D eigenvalue weighted by Crippen LogP contribution is -2.28. The van der Waals surface area contributed by atoms with Gasteiger partial charge in [0.15, 0.2) is 0 Å². The zero-order chi connectivity index (χ0) is 13.5. The number of benzene rings is 1. The molecule has 1 aliphatic rings. The second-order valence-electron chi connectivity index (χ2n) is 5.66. The van der Waals surface area contributed by atoms with Crippen LogP contribution in [0.3, 0.4) is 0 Å². The van der Waals surface area contributed by atoms with Gasteiger partial charge in [0.1, 0.15) is 0 Å². The molecule has 1 fully saturated rings. The second-order valence-corrected chi connectivity index (χ2v) is 5.66. The number of hydrogen-bond donors (Lipinski definition) is 1. The zero-order valence-corrected chi connectivity index (χ0v) is 12.0. The molecule has 104 valence electrons. The Hall–Kier alpha value is -1.08. The molecule has 0 aromatic heterocycles. The van der Waals surface area contributed by atoms with Gasteiger partial charge in [-0.2, -0.15) is 0 Å². The van der Waals surface area contributed by atoms with E-state index in [0.29, 0.717) is 5.92 Å². The first-order chi connectivity index (χ1) is 9.33. The quantitative estimate of drug-likeness (QED) is 0.760. The fourth-order valence-electron chi connectivity index (χ4n) is 3.15. The van der Waals surface area contributed by atoms with Crippen molar-refractivity contribution in [1.82, 2.24) is 0 Å². The smallest absolute Gasteiger partial charge is 0.0671 e. The summed E-state index contributed by atoms with van der Waals surface area (Å²) in [4.78, 5) is 0. The maximum absolute atomic E-state index is 10.8. The fraction of sp³-hybridized carbons (Fsp3) is 0.556. The van der Waals surface area contributed by atoms with Crippen LogP contribution in [0.4, 0.5) is 0 Å². The molecule has 19 heavy (non-hydrogen) atoms. The van der Waals surface area contributed by atoms with Crippen LogP contribution >= 0.6 is 0 Å². The Labute approximate surface area is 117 Å². The number of allylic oxidation sites excluding steroid dienone is 1. The molecule has 0 spiro atoms. The molecule has 0 saturated heterocycles. The minimum Gasteiger partial charge on any atom is -0.392 e. The van der Waals surface area contributed by atoms with E-state index in [-0.39, 0.29) is 12.0 Å². The van der Waals surface area contributed by atoms with E-state index in [1.54, 1.807) is 0 Å². The monoisotopic (exact) mass is 258 g/mol. The molecule has 1 aromatic carbocycles. The van der Waals surface area contributed by atoms with Gasteiger partial charge in [0.05, 0.1) is 6.10 Å². The van der Waals surface area contributed by atoms with Gasteiger partial charge in [-0.05, 0) is 30.7 Å². The van der Waals surface area contributed by atoms with Crippen molar-refractivity contribution in [2.24, 2.45) is 5.92 Å². The number of aliphatic hydroxyl groups is 1. The van der Waals surface area contributed by atoms with Crippen LogP contribution in [0.2, 0.25) is 0 Å². The topological polar surface area (TPSA) is 20.2 Å². The Kier molecular flexibility index (Phi) is 5.65. The number of rotatable bonds is 5. The van der Waals surface area contributed by atoms with E-state index in [1.165, 1.54) is 37.7 Å². The maximum atomic E-state index is 10.8. The third-order valence-electron chi connectivity index (χ3n) is 4.26. The third-order valence-corrected chi connectivity index (χ3v) is 4.26. The summed E-state index contributed by atoms with van der Waals surface area (Å²) in [5.41, 5.74) is 1.24. The van der Waals surface area contributed by atoms with Gasteiger partial charge in [0.2, 0.25) is 0 Å². The van der Waals surface area contributed by atoms with Gasteiger partial charge in [-0.25, -0.2) is 0 Å². The van der Waals surface area contributed by atoms with Crippen LogP contribution in [0.1, 0.15) is 56.9 Å². The number of aliphatic hydroxyl groups excluding tert-OH is 1. The fourth-order valence-corrected chi connectivity index (χ4v) is 3.15. The van der Waals surface area contributed by atoms with Gasteiger partial charge in [-0.15, -0.1) is 0 Å². The minimum absolute atomic E-state index is 0.157. The van der Waals surface area contributed by atoms with Crippen molar-refractivity contribution in [2.75, 3.05) is 0 Å². The molecule has 0 heterocycles. The van der Waals surface area contributed by atoms with E-state index < -0.39 is 0 Å². The molecule has 0 unspecified atom stereocenters. The van der Waals surface area contributed by atoms with Crippen LogP contribution in [0.25, 0.3) is 0 Å². The van der Waals surface area contributed by atoms with E-state index in [1.807, 2.05) is 6.07 Å². The van der Waals surface area contributed by atoms with Crippen LogP contribution in [0, 0.1) is 5.92 Å². The van der Waals surface area contributed by atoms with E-state index in [0.717, 1.165) is 6.42 Å². The van der Waals surface area contributed by atoms with E-state index in [2.05, 4.69) is 43.3 Å².